The topological polar surface area (TPSA) is 21.3 Å². The normalized spacial score (nSPS) is 12.6. The lowest BCUT2D eigenvalue weighted by Gasteiger charge is -2.13. The maximum atomic E-state index is 5.03. The van der Waals surface area contributed by atoms with Gasteiger partial charge in [0.05, 0.1) is 0 Å². The number of ether oxygens (including phenoxy) is 1. The predicted octanol–water partition coefficient (Wildman–Crippen LogP) is 3.79. The van der Waals surface area contributed by atoms with Crippen molar-refractivity contribution in [3.8, 4) is 0 Å². The van der Waals surface area contributed by atoms with Crippen molar-refractivity contribution in [2.24, 2.45) is 0 Å². The van der Waals surface area contributed by atoms with Crippen LogP contribution in [0.15, 0.2) is 28.7 Å². The number of hydrogen-bond acceptors (Lipinski definition) is 2. The molecule has 0 aromatic heterocycles. The summed E-state index contributed by atoms with van der Waals surface area (Å²) in [5.74, 6) is 0. The molecule has 0 aliphatic heterocycles. The van der Waals surface area contributed by atoms with Gasteiger partial charge in [0.15, 0.2) is 0 Å². The Hall–Kier alpha value is -0.380. The third-order valence-electron chi connectivity index (χ3n) is 2.97. The van der Waals surface area contributed by atoms with Gasteiger partial charge in [-0.25, -0.2) is 0 Å². The Bertz CT molecular complexity index is 313. The van der Waals surface area contributed by atoms with Gasteiger partial charge < -0.3 is 10.1 Å². The highest BCUT2D eigenvalue weighted by Crippen LogP contribution is 2.11. The minimum absolute atomic E-state index is 0.536. The molecule has 0 radical (unpaired) electrons. The first-order valence-electron chi connectivity index (χ1n) is 6.69. The van der Waals surface area contributed by atoms with Gasteiger partial charge in [-0.3, -0.25) is 0 Å². The summed E-state index contributed by atoms with van der Waals surface area (Å²) in [6.45, 7) is 4.23. The highest BCUT2D eigenvalue weighted by Gasteiger charge is 2.02. The summed E-state index contributed by atoms with van der Waals surface area (Å²) in [7, 11) is 1.76. The summed E-state index contributed by atoms with van der Waals surface area (Å²) < 4.78 is 6.18. The van der Waals surface area contributed by atoms with Gasteiger partial charge in [0.2, 0.25) is 0 Å². The van der Waals surface area contributed by atoms with Crippen molar-refractivity contribution >= 4 is 15.9 Å². The minimum Gasteiger partial charge on any atom is -0.385 e. The third kappa shape index (κ3) is 7.14. The van der Waals surface area contributed by atoms with Crippen molar-refractivity contribution in [2.75, 3.05) is 20.3 Å². The first-order valence-corrected chi connectivity index (χ1v) is 7.48. The predicted molar refractivity (Wildman–Crippen MR) is 81.0 cm³/mol. The zero-order chi connectivity index (χ0) is 13.2. The number of hydrogen-bond donors (Lipinski definition) is 1. The number of benzene rings is 1. The van der Waals surface area contributed by atoms with Crippen LogP contribution in [0, 0.1) is 0 Å². The van der Waals surface area contributed by atoms with Gasteiger partial charge in [-0.15, -0.1) is 0 Å². The smallest absolute Gasteiger partial charge is 0.0462 e. The molecule has 0 saturated heterocycles. The van der Waals surface area contributed by atoms with Crippen molar-refractivity contribution in [3.05, 3.63) is 34.3 Å². The second kappa shape index (κ2) is 9.54. The monoisotopic (exact) mass is 313 g/mol. The number of halogens is 1. The number of unbranched alkanes of at least 4 members (excludes halogenated alkanes) is 2. The van der Waals surface area contributed by atoms with Crippen LogP contribution in [-0.4, -0.2) is 26.3 Å². The van der Waals surface area contributed by atoms with Crippen LogP contribution in [0.1, 0.15) is 31.7 Å². The average molecular weight is 314 g/mol. The van der Waals surface area contributed by atoms with Gasteiger partial charge >= 0.3 is 0 Å². The van der Waals surface area contributed by atoms with Gasteiger partial charge in [0.1, 0.15) is 0 Å². The second-order valence-corrected chi connectivity index (χ2v) is 5.65. The molecule has 1 aromatic rings. The van der Waals surface area contributed by atoms with Crippen molar-refractivity contribution < 1.29 is 4.74 Å². The van der Waals surface area contributed by atoms with E-state index in [-0.39, 0.29) is 0 Å². The van der Waals surface area contributed by atoms with E-state index in [1.54, 1.807) is 7.11 Å². The first kappa shape index (κ1) is 15.7. The van der Waals surface area contributed by atoms with E-state index < -0.39 is 0 Å². The van der Waals surface area contributed by atoms with Crippen molar-refractivity contribution in [1.82, 2.24) is 5.32 Å². The van der Waals surface area contributed by atoms with Crippen LogP contribution >= 0.6 is 15.9 Å². The largest absolute Gasteiger partial charge is 0.385 e. The molecule has 1 rings (SSSR count). The minimum atomic E-state index is 0.536. The van der Waals surface area contributed by atoms with Crippen LogP contribution in [0.5, 0.6) is 0 Å². The molecule has 0 fully saturated rings. The molecule has 0 bridgehead atoms. The van der Waals surface area contributed by atoms with Gasteiger partial charge in [0.25, 0.3) is 0 Å². The summed E-state index contributed by atoms with van der Waals surface area (Å²) in [6, 6.07) is 9.11. The molecular formula is C15H24BrNO. The molecule has 1 unspecified atom stereocenters. The Balaban J connectivity index is 2.10. The summed E-state index contributed by atoms with van der Waals surface area (Å²) in [4.78, 5) is 0. The SMILES string of the molecule is COCCCCCNC(C)Cc1ccc(Br)cc1. The Morgan fingerprint density at radius 1 is 1.17 bits per heavy atom. The number of methoxy groups -OCH3 is 1. The molecule has 102 valence electrons. The molecule has 0 spiro atoms. The zero-order valence-electron chi connectivity index (χ0n) is 11.4. The quantitative estimate of drug-likeness (QED) is 0.700. The lowest BCUT2D eigenvalue weighted by atomic mass is 10.1. The highest BCUT2D eigenvalue weighted by molar-refractivity contribution is 9.10. The van der Waals surface area contributed by atoms with E-state index in [1.165, 1.54) is 24.8 Å². The summed E-state index contributed by atoms with van der Waals surface area (Å²) in [5, 5.41) is 3.57. The molecule has 3 heteroatoms. The molecular weight excluding hydrogens is 290 g/mol. The average Bonchev–Trinajstić information content (AvgIpc) is 2.36. The van der Waals surface area contributed by atoms with Crippen LogP contribution in [0.2, 0.25) is 0 Å². The molecule has 0 saturated carbocycles. The molecule has 0 aliphatic rings. The van der Waals surface area contributed by atoms with E-state index in [0.29, 0.717) is 6.04 Å². The van der Waals surface area contributed by atoms with Crippen molar-refractivity contribution in [1.29, 1.82) is 0 Å². The van der Waals surface area contributed by atoms with Crippen LogP contribution in [0.4, 0.5) is 0 Å². The third-order valence-corrected chi connectivity index (χ3v) is 3.50. The van der Waals surface area contributed by atoms with Gasteiger partial charge in [-0.1, -0.05) is 28.1 Å². The molecule has 0 heterocycles. The van der Waals surface area contributed by atoms with Gasteiger partial charge in [-0.05, 0) is 56.8 Å². The van der Waals surface area contributed by atoms with E-state index in [0.717, 1.165) is 24.0 Å². The lowest BCUT2D eigenvalue weighted by Crippen LogP contribution is -2.28. The Morgan fingerprint density at radius 2 is 1.89 bits per heavy atom. The standard InChI is InChI=1S/C15H24BrNO/c1-13(17-10-4-3-5-11-18-2)12-14-6-8-15(16)9-7-14/h6-9,13,17H,3-5,10-12H2,1-2H3. The summed E-state index contributed by atoms with van der Waals surface area (Å²) >= 11 is 3.46. The molecule has 0 amide bonds. The van der Waals surface area contributed by atoms with Gasteiger partial charge in [-0.2, -0.15) is 0 Å². The van der Waals surface area contributed by atoms with Crippen molar-refractivity contribution in [2.45, 2.75) is 38.6 Å². The van der Waals surface area contributed by atoms with Crippen LogP contribution in [-0.2, 0) is 11.2 Å². The summed E-state index contributed by atoms with van der Waals surface area (Å²) in [6.07, 6.45) is 4.73. The second-order valence-electron chi connectivity index (χ2n) is 4.74. The van der Waals surface area contributed by atoms with E-state index in [2.05, 4.69) is 52.4 Å². The maximum absolute atomic E-state index is 5.03. The van der Waals surface area contributed by atoms with Crippen molar-refractivity contribution in [3.63, 3.8) is 0 Å². The molecule has 1 atom stereocenters. The Labute approximate surface area is 119 Å². The van der Waals surface area contributed by atoms with Crippen LogP contribution in [0.3, 0.4) is 0 Å². The fourth-order valence-corrected chi connectivity index (χ4v) is 2.21. The zero-order valence-corrected chi connectivity index (χ0v) is 13.0. The first-order chi connectivity index (χ1) is 8.72. The molecule has 1 aromatic carbocycles. The maximum Gasteiger partial charge on any atom is 0.0462 e. The highest BCUT2D eigenvalue weighted by atomic mass is 79.9. The summed E-state index contributed by atoms with van der Waals surface area (Å²) in [5.41, 5.74) is 1.39. The Kier molecular flexibility index (Phi) is 8.31. The van der Waals surface area contributed by atoms with E-state index in [1.807, 2.05) is 0 Å². The molecule has 18 heavy (non-hydrogen) atoms. The fourth-order valence-electron chi connectivity index (χ4n) is 1.94. The molecule has 2 nitrogen and oxygen atoms in total. The van der Waals surface area contributed by atoms with Gasteiger partial charge in [0, 0.05) is 24.2 Å². The molecule has 1 N–H and O–H groups in total. The Morgan fingerprint density at radius 3 is 2.56 bits per heavy atom. The van der Waals surface area contributed by atoms with E-state index in [9.17, 15) is 0 Å². The molecule has 0 aliphatic carbocycles. The van der Waals surface area contributed by atoms with Crippen LogP contribution in [0.25, 0.3) is 0 Å². The van der Waals surface area contributed by atoms with Crippen LogP contribution < -0.4 is 5.32 Å². The number of rotatable bonds is 9. The lowest BCUT2D eigenvalue weighted by molar-refractivity contribution is 0.192. The fraction of sp³-hybridized carbons (Fsp3) is 0.600. The van der Waals surface area contributed by atoms with E-state index >= 15 is 0 Å². The number of nitrogens with one attached hydrogen (secondary N) is 1. The van der Waals surface area contributed by atoms with E-state index in [4.69, 9.17) is 4.74 Å².